The Morgan fingerprint density at radius 3 is 2.67 bits per heavy atom. The van der Waals surface area contributed by atoms with Crippen LogP contribution in [-0.2, 0) is 0 Å². The monoisotopic (exact) mass is 239 g/mol. The fourth-order valence-electron chi connectivity index (χ4n) is 2.12. The summed E-state index contributed by atoms with van der Waals surface area (Å²) in [5, 5.41) is 5.96. The van der Waals surface area contributed by atoms with Gasteiger partial charge in [-0.05, 0) is 54.4 Å². The van der Waals surface area contributed by atoms with Crippen molar-refractivity contribution in [1.82, 2.24) is 5.32 Å². The summed E-state index contributed by atoms with van der Waals surface area (Å²) in [5.74, 6) is 0. The first-order valence-corrected chi connectivity index (χ1v) is 6.68. The molecular weight excluding hydrogens is 218 g/mol. The second kappa shape index (κ2) is 6.36. The van der Waals surface area contributed by atoms with Crippen molar-refractivity contribution >= 4 is 16.3 Å². The molecule has 0 aromatic heterocycles. The van der Waals surface area contributed by atoms with Crippen LogP contribution in [0.3, 0.4) is 0 Å². The predicted octanol–water partition coefficient (Wildman–Crippen LogP) is 4.24. The summed E-state index contributed by atoms with van der Waals surface area (Å²) in [6.45, 7) is 6.43. The molecule has 0 saturated heterocycles. The van der Waals surface area contributed by atoms with E-state index >= 15 is 0 Å². The lowest BCUT2D eigenvalue weighted by molar-refractivity contribution is 0.727. The van der Waals surface area contributed by atoms with Crippen LogP contribution in [-0.4, -0.2) is 13.1 Å². The van der Waals surface area contributed by atoms with E-state index < -0.39 is 0 Å². The van der Waals surface area contributed by atoms with Gasteiger partial charge in [0.05, 0.1) is 0 Å². The second-order valence-corrected chi connectivity index (χ2v) is 4.59. The standard InChI is InChI=1S/C17H21N/c1-3-18-12-6-7-14(2)16-11-10-15-8-4-5-9-17(15)13-16/h4-5,7-11,13,18H,3,6,12H2,1-2H3. The number of fused-ring (bicyclic) bond motifs is 1. The molecule has 0 unspecified atom stereocenters. The molecule has 0 aliphatic rings. The molecule has 0 bridgehead atoms. The maximum absolute atomic E-state index is 3.34. The van der Waals surface area contributed by atoms with E-state index in [0.717, 1.165) is 19.5 Å². The summed E-state index contributed by atoms with van der Waals surface area (Å²) in [6, 6.07) is 15.2. The predicted molar refractivity (Wildman–Crippen MR) is 80.8 cm³/mol. The third-order valence-corrected chi connectivity index (χ3v) is 3.23. The van der Waals surface area contributed by atoms with Crippen molar-refractivity contribution in [3.05, 3.63) is 54.1 Å². The van der Waals surface area contributed by atoms with Gasteiger partial charge in [-0.2, -0.15) is 0 Å². The lowest BCUT2D eigenvalue weighted by atomic mass is 10.0. The lowest BCUT2D eigenvalue weighted by Gasteiger charge is -2.05. The van der Waals surface area contributed by atoms with E-state index in [0.29, 0.717) is 0 Å². The Morgan fingerprint density at radius 2 is 1.89 bits per heavy atom. The Morgan fingerprint density at radius 1 is 1.11 bits per heavy atom. The van der Waals surface area contributed by atoms with Crippen LogP contribution in [0.4, 0.5) is 0 Å². The molecule has 0 fully saturated rings. The third kappa shape index (κ3) is 3.21. The molecule has 1 N–H and O–H groups in total. The molecule has 1 heteroatoms. The molecule has 2 rings (SSSR count). The van der Waals surface area contributed by atoms with Crippen LogP contribution in [0.15, 0.2) is 48.5 Å². The molecule has 94 valence electrons. The van der Waals surface area contributed by atoms with Crippen molar-refractivity contribution < 1.29 is 0 Å². The highest BCUT2D eigenvalue weighted by Gasteiger charge is 1.97. The van der Waals surface area contributed by atoms with Crippen LogP contribution in [0, 0.1) is 0 Å². The SMILES string of the molecule is CCNCCC=C(C)c1ccc2ccccc2c1. The van der Waals surface area contributed by atoms with E-state index in [2.05, 4.69) is 67.7 Å². The van der Waals surface area contributed by atoms with Crippen LogP contribution in [0.5, 0.6) is 0 Å². The van der Waals surface area contributed by atoms with E-state index in [1.807, 2.05) is 0 Å². The minimum Gasteiger partial charge on any atom is -0.317 e. The summed E-state index contributed by atoms with van der Waals surface area (Å²) in [4.78, 5) is 0. The first-order valence-electron chi connectivity index (χ1n) is 6.68. The van der Waals surface area contributed by atoms with Crippen molar-refractivity contribution in [3.63, 3.8) is 0 Å². The molecule has 0 saturated carbocycles. The lowest BCUT2D eigenvalue weighted by Crippen LogP contribution is -2.13. The van der Waals surface area contributed by atoms with Gasteiger partial charge < -0.3 is 5.32 Å². The zero-order valence-electron chi connectivity index (χ0n) is 11.2. The summed E-state index contributed by atoms with van der Waals surface area (Å²) in [5.41, 5.74) is 2.68. The van der Waals surface area contributed by atoms with Gasteiger partial charge in [0.2, 0.25) is 0 Å². The van der Waals surface area contributed by atoms with Crippen LogP contribution < -0.4 is 5.32 Å². The fourth-order valence-corrected chi connectivity index (χ4v) is 2.12. The molecule has 0 aliphatic heterocycles. The number of hydrogen-bond acceptors (Lipinski definition) is 1. The Bertz CT molecular complexity index is 540. The summed E-state index contributed by atoms with van der Waals surface area (Å²) in [7, 11) is 0. The molecule has 0 radical (unpaired) electrons. The van der Waals surface area contributed by atoms with Crippen LogP contribution >= 0.6 is 0 Å². The molecule has 18 heavy (non-hydrogen) atoms. The van der Waals surface area contributed by atoms with Gasteiger partial charge >= 0.3 is 0 Å². The minimum atomic E-state index is 1.04. The van der Waals surface area contributed by atoms with Crippen molar-refractivity contribution in [1.29, 1.82) is 0 Å². The van der Waals surface area contributed by atoms with E-state index in [9.17, 15) is 0 Å². The highest BCUT2D eigenvalue weighted by Crippen LogP contribution is 2.21. The molecule has 0 spiro atoms. The largest absolute Gasteiger partial charge is 0.317 e. The zero-order chi connectivity index (χ0) is 12.8. The van der Waals surface area contributed by atoms with Gasteiger partial charge in [-0.1, -0.05) is 49.4 Å². The smallest absolute Gasteiger partial charge is 0.00142 e. The molecule has 0 amide bonds. The number of benzene rings is 2. The first kappa shape index (κ1) is 12.8. The van der Waals surface area contributed by atoms with Gasteiger partial charge in [-0.25, -0.2) is 0 Å². The normalized spacial score (nSPS) is 12.0. The maximum Gasteiger partial charge on any atom is -0.00142 e. The summed E-state index contributed by atoms with van der Waals surface area (Å²) < 4.78 is 0. The molecule has 2 aromatic rings. The van der Waals surface area contributed by atoms with E-state index in [-0.39, 0.29) is 0 Å². The molecule has 0 atom stereocenters. The highest BCUT2D eigenvalue weighted by molar-refractivity contribution is 5.86. The van der Waals surface area contributed by atoms with Crippen molar-refractivity contribution in [2.24, 2.45) is 0 Å². The molecule has 1 nitrogen and oxygen atoms in total. The topological polar surface area (TPSA) is 12.0 Å². The van der Waals surface area contributed by atoms with Crippen molar-refractivity contribution in [3.8, 4) is 0 Å². The molecule has 0 aliphatic carbocycles. The third-order valence-electron chi connectivity index (χ3n) is 3.23. The van der Waals surface area contributed by atoms with Crippen molar-refractivity contribution in [2.45, 2.75) is 20.3 Å². The van der Waals surface area contributed by atoms with Gasteiger partial charge in [0.15, 0.2) is 0 Å². The Labute approximate surface area is 110 Å². The Kier molecular flexibility index (Phi) is 4.54. The average Bonchev–Trinajstić information content (AvgIpc) is 2.43. The summed E-state index contributed by atoms with van der Waals surface area (Å²) in [6.07, 6.45) is 3.40. The van der Waals surface area contributed by atoms with Gasteiger partial charge in [0, 0.05) is 0 Å². The number of hydrogen-bond donors (Lipinski definition) is 1. The fraction of sp³-hybridized carbons (Fsp3) is 0.294. The quantitative estimate of drug-likeness (QED) is 0.769. The number of rotatable bonds is 5. The maximum atomic E-state index is 3.34. The van der Waals surface area contributed by atoms with Crippen molar-refractivity contribution in [2.75, 3.05) is 13.1 Å². The second-order valence-electron chi connectivity index (χ2n) is 4.59. The summed E-state index contributed by atoms with van der Waals surface area (Å²) >= 11 is 0. The average molecular weight is 239 g/mol. The van der Waals surface area contributed by atoms with E-state index in [4.69, 9.17) is 0 Å². The van der Waals surface area contributed by atoms with Gasteiger partial charge in [-0.15, -0.1) is 0 Å². The highest BCUT2D eigenvalue weighted by atomic mass is 14.8. The van der Waals surface area contributed by atoms with Crippen LogP contribution in [0.1, 0.15) is 25.8 Å². The molecular formula is C17H21N. The minimum absolute atomic E-state index is 1.04. The van der Waals surface area contributed by atoms with Gasteiger partial charge in [0.25, 0.3) is 0 Å². The molecule has 2 aromatic carbocycles. The Hall–Kier alpha value is -1.60. The Balaban J connectivity index is 2.14. The first-order chi connectivity index (χ1) is 8.81. The van der Waals surface area contributed by atoms with Gasteiger partial charge in [-0.3, -0.25) is 0 Å². The van der Waals surface area contributed by atoms with E-state index in [1.54, 1.807) is 0 Å². The zero-order valence-corrected chi connectivity index (χ0v) is 11.2. The molecule has 0 heterocycles. The van der Waals surface area contributed by atoms with Crippen LogP contribution in [0.2, 0.25) is 0 Å². The van der Waals surface area contributed by atoms with E-state index in [1.165, 1.54) is 21.9 Å². The number of nitrogens with one attached hydrogen (secondary N) is 1. The van der Waals surface area contributed by atoms with Gasteiger partial charge in [0.1, 0.15) is 0 Å². The van der Waals surface area contributed by atoms with Crippen LogP contribution in [0.25, 0.3) is 16.3 Å². The number of allylic oxidation sites excluding steroid dienone is 1.